The molecule has 0 saturated carbocycles. The van der Waals surface area contributed by atoms with Gasteiger partial charge >= 0.3 is 30.3 Å². The third-order valence-corrected chi connectivity index (χ3v) is 14.2. The van der Waals surface area contributed by atoms with Crippen LogP contribution in [0.15, 0.2) is 143 Å². The second kappa shape index (κ2) is 38.2. The van der Waals surface area contributed by atoms with Crippen LogP contribution in [0.2, 0.25) is 0 Å². The summed E-state index contributed by atoms with van der Waals surface area (Å²) in [6.45, 7) is 9.08. The number of likely N-dealkylation sites (N-methyl/N-ethyl adjacent to an activating group) is 2. The molecule has 4 amide bonds. The van der Waals surface area contributed by atoms with Gasteiger partial charge in [0.1, 0.15) is 62.5 Å². The molecule has 0 bridgehead atoms. The van der Waals surface area contributed by atoms with E-state index in [1.165, 1.54) is 57.1 Å². The SMILES string of the molecule is C.C.CC(C)(C)OC(=O)n1c(Cn2cccc(N)c2=O)nc2c(Oc3ccccc3)c(F)cc(F)c21.COC(=O)N[C@@H](CC/C=C/C(=O)N(C)C)C(=O)Cc1cccn(Cc2nc3c(Oc4ccccc4)c(F)cc(F)c3n2C(=O)OC(C)(C)C)c1=O.COC(=O)N[C@@H](CC/C=C/C(=O)N(C)C)C(=O)O. The molecular weight excluding hydrogens is 1380 g/mol. The predicted molar refractivity (Wildman–Crippen MR) is 382 cm³/mol. The number of methoxy groups -OCH3 is 2. The third kappa shape index (κ3) is 24.0. The zero-order chi connectivity index (χ0) is 76.2. The number of aromatic nitrogens is 6. The number of aliphatic carboxylic acids is 1. The molecule has 0 fully saturated rings. The fourth-order valence-corrected chi connectivity index (χ4v) is 9.34. The number of Topliss-reactive ketones (excluding diaryl/α,β-unsaturated/α-hetero) is 1. The molecule has 0 spiro atoms. The van der Waals surface area contributed by atoms with Gasteiger partial charge in [0, 0.05) is 64.7 Å². The highest BCUT2D eigenvalue weighted by Gasteiger charge is 2.32. The Morgan fingerprint density at radius 3 is 1.35 bits per heavy atom. The summed E-state index contributed by atoms with van der Waals surface area (Å²) in [6, 6.07) is 21.4. The number of halogens is 4. The fraction of sp³-hybridized carbons (Fsp3) is 0.342. The second-order valence-electron chi connectivity index (χ2n) is 24.9. The Morgan fingerprint density at radius 1 is 0.571 bits per heavy atom. The molecule has 0 aliphatic rings. The lowest BCUT2D eigenvalue weighted by Gasteiger charge is -2.21. The first kappa shape index (κ1) is 85.3. The molecule has 4 heterocycles. The number of allylic oxidation sites excluding steroid dienone is 2. The molecule has 0 saturated heterocycles. The Balaban J connectivity index is 0.000000371. The summed E-state index contributed by atoms with van der Waals surface area (Å²) >= 11 is 0. The highest BCUT2D eigenvalue weighted by atomic mass is 19.1. The van der Waals surface area contributed by atoms with E-state index in [0.29, 0.717) is 18.6 Å². The van der Waals surface area contributed by atoms with Gasteiger partial charge in [0.2, 0.25) is 11.8 Å². The van der Waals surface area contributed by atoms with Crippen LogP contribution < -0.4 is 37.0 Å². The highest BCUT2D eigenvalue weighted by molar-refractivity contribution is 5.94. The molecule has 0 aliphatic heterocycles. The number of pyridine rings is 2. The van der Waals surface area contributed by atoms with E-state index in [-0.39, 0.29) is 109 Å². The Kier molecular flexibility index (Phi) is 31.1. The van der Waals surface area contributed by atoms with Crippen molar-refractivity contribution in [2.24, 2.45) is 0 Å². The van der Waals surface area contributed by atoms with Gasteiger partial charge in [-0.25, -0.2) is 60.6 Å². The van der Waals surface area contributed by atoms with Crippen molar-refractivity contribution in [2.45, 2.75) is 125 Å². The van der Waals surface area contributed by atoms with Crippen molar-refractivity contribution in [1.82, 2.24) is 48.7 Å². The number of carbonyl (C=O) groups excluding carboxylic acids is 7. The number of para-hydroxylation sites is 2. The monoisotopic (exact) mass is 1470 g/mol. The molecule has 105 heavy (non-hydrogen) atoms. The number of fused-ring (bicyclic) bond motifs is 2. The first-order valence-electron chi connectivity index (χ1n) is 31.6. The van der Waals surface area contributed by atoms with Crippen molar-refractivity contribution in [1.29, 1.82) is 0 Å². The van der Waals surface area contributed by atoms with Gasteiger partial charge in [0.25, 0.3) is 11.1 Å². The molecule has 4 aromatic heterocycles. The summed E-state index contributed by atoms with van der Waals surface area (Å²) in [4.78, 5) is 134. The lowest BCUT2D eigenvalue weighted by molar-refractivity contribution is -0.139. The number of nitrogens with two attached hydrogens (primary N) is 1. The summed E-state index contributed by atoms with van der Waals surface area (Å²) < 4.78 is 96.0. The number of ether oxygens (including phenoxy) is 6. The molecule has 2 atom stereocenters. The predicted octanol–water partition coefficient (Wildman–Crippen LogP) is 11.5. The lowest BCUT2D eigenvalue weighted by Crippen LogP contribution is -2.42. The van der Waals surface area contributed by atoms with Gasteiger partial charge in [-0.1, -0.05) is 69.5 Å². The average Bonchev–Trinajstić information content (AvgIpc) is 1.61. The van der Waals surface area contributed by atoms with Crippen molar-refractivity contribution >= 4 is 75.7 Å². The van der Waals surface area contributed by atoms with Gasteiger partial charge in [-0.15, -0.1) is 0 Å². The number of nitrogen functional groups attached to an aromatic ring is 1. The molecule has 4 aromatic carbocycles. The third-order valence-electron chi connectivity index (χ3n) is 14.2. The van der Waals surface area contributed by atoms with E-state index in [1.54, 1.807) is 149 Å². The van der Waals surface area contributed by atoms with E-state index in [1.807, 2.05) is 0 Å². The molecule has 8 aromatic rings. The van der Waals surface area contributed by atoms with Crippen LogP contribution in [0.4, 0.5) is 42.4 Å². The topological polar surface area (TPSA) is 348 Å². The van der Waals surface area contributed by atoms with Gasteiger partial charge in [0.15, 0.2) is 40.6 Å². The number of carboxylic acids is 1. The summed E-state index contributed by atoms with van der Waals surface area (Å²) in [5, 5.41) is 13.5. The van der Waals surface area contributed by atoms with E-state index in [0.717, 1.165) is 27.9 Å². The quantitative estimate of drug-likeness (QED) is 0.0278. The lowest BCUT2D eigenvalue weighted by atomic mass is 10.0. The number of benzene rings is 4. The number of carboxylic acid groups (broad SMARTS) is 1. The van der Waals surface area contributed by atoms with Crippen LogP contribution in [0.1, 0.15) is 99.3 Å². The molecule has 8 rings (SSSR count). The molecule has 0 radical (unpaired) electrons. The van der Waals surface area contributed by atoms with Crippen molar-refractivity contribution < 1.29 is 89.4 Å². The Bertz CT molecular complexity index is 4600. The number of nitrogens with one attached hydrogen (secondary N) is 2. The number of imidazole rings is 2. The fourth-order valence-electron chi connectivity index (χ4n) is 9.34. The second-order valence-corrected chi connectivity index (χ2v) is 24.9. The summed E-state index contributed by atoms with van der Waals surface area (Å²) in [6.07, 6.45) is 5.54. The minimum Gasteiger partial charge on any atom is -0.480 e. The van der Waals surface area contributed by atoms with Crippen LogP contribution in [-0.2, 0) is 57.6 Å². The van der Waals surface area contributed by atoms with Crippen LogP contribution in [0.3, 0.4) is 0 Å². The van der Waals surface area contributed by atoms with Crippen molar-refractivity contribution in [3.8, 4) is 23.0 Å². The van der Waals surface area contributed by atoms with E-state index < -0.39 is 118 Å². The Hall–Kier alpha value is -12.1. The van der Waals surface area contributed by atoms with Gasteiger partial charge in [-0.2, -0.15) is 0 Å². The van der Waals surface area contributed by atoms with Crippen molar-refractivity contribution in [2.75, 3.05) is 48.1 Å². The largest absolute Gasteiger partial charge is 0.480 e. The molecule has 0 unspecified atom stereocenters. The summed E-state index contributed by atoms with van der Waals surface area (Å²) in [5.41, 5.74) is 1.29. The van der Waals surface area contributed by atoms with Crippen LogP contribution in [0.25, 0.3) is 22.1 Å². The van der Waals surface area contributed by atoms with Gasteiger partial charge < -0.3 is 68.8 Å². The normalized spacial score (nSPS) is 11.7. The maximum absolute atomic E-state index is 15.5. The molecule has 28 nitrogen and oxygen atoms in total. The summed E-state index contributed by atoms with van der Waals surface area (Å²) in [7, 11) is 8.71. The molecule has 564 valence electrons. The smallest absolute Gasteiger partial charge is 0.420 e. The maximum atomic E-state index is 15.5. The zero-order valence-electron chi connectivity index (χ0n) is 58.5. The number of amides is 4. The van der Waals surface area contributed by atoms with Gasteiger partial charge in [-0.3, -0.25) is 24.0 Å². The summed E-state index contributed by atoms with van der Waals surface area (Å²) in [5.74, 6) is -6.89. The van der Waals surface area contributed by atoms with E-state index >= 15 is 13.2 Å². The van der Waals surface area contributed by atoms with Crippen LogP contribution >= 0.6 is 0 Å². The van der Waals surface area contributed by atoms with Crippen molar-refractivity contribution in [3.05, 3.63) is 195 Å². The Morgan fingerprint density at radius 2 is 0.962 bits per heavy atom. The van der Waals surface area contributed by atoms with E-state index in [2.05, 4.69) is 30.1 Å². The molecule has 5 N–H and O–H groups in total. The number of hydrogen-bond acceptors (Lipinski definition) is 19. The maximum Gasteiger partial charge on any atom is 0.420 e. The average molecular weight is 1470 g/mol. The van der Waals surface area contributed by atoms with Crippen LogP contribution in [-0.4, -0.2) is 157 Å². The van der Waals surface area contributed by atoms with E-state index in [4.69, 9.17) is 29.8 Å². The minimum absolute atomic E-state index is 0. The first-order chi connectivity index (χ1) is 48.5. The standard InChI is InChI=1S/C36H39F2N5O8.C24H22F2N4O4.C11H18N2O5.2CH4/c1-36(2,3)51-35(48)43-28(40-30-31(43)24(37)20-25(38)32(30)50-23-14-8-7-9-15-23)21-42-18-12-13-22(33(42)46)19-27(44)26(39-34(47)49-6)16-10-11-17-29(45)41(4)5;1-24(2,3)34-23(32)30-18(13-29-11-7-10-17(27)22(29)31)28-19-20(30)15(25)12-16(26)21(19)33-14-8-5-4-6-9-14;1-13(2)9(14)7-5-4-6-8(10(15)16)12-11(17)18-3;;/h7-9,11-15,17-18,20,26H,10,16,19,21H2,1-6H3,(H,39,47);4-12H,13,27H2,1-3H3;5,7-8H,4,6H2,1-3H3,(H,12,17)(H,15,16);2*1H4/b17-11+;;7-5+;;/t26-;;8-;;/m0.0../s1. The van der Waals surface area contributed by atoms with Gasteiger partial charge in [-0.05, 0) is 122 Å². The number of hydrogen-bond donors (Lipinski definition) is 4. The van der Waals surface area contributed by atoms with Crippen LogP contribution in [0, 0.1) is 23.3 Å². The zero-order valence-corrected chi connectivity index (χ0v) is 58.5. The molecule has 32 heteroatoms. The number of anilines is 1. The Labute approximate surface area is 602 Å². The number of carbonyl (C=O) groups is 8. The van der Waals surface area contributed by atoms with Gasteiger partial charge in [0.05, 0.1) is 39.0 Å². The first-order valence-corrected chi connectivity index (χ1v) is 31.6. The van der Waals surface area contributed by atoms with Crippen LogP contribution in [0.5, 0.6) is 23.0 Å². The number of nitrogens with zero attached hydrogens (tertiary/aromatic N) is 8. The molecule has 0 aliphatic carbocycles. The number of rotatable bonds is 22. The highest BCUT2D eigenvalue weighted by Crippen LogP contribution is 2.37. The minimum atomic E-state index is -1.15. The number of ketones is 1. The van der Waals surface area contributed by atoms with Crippen molar-refractivity contribution in [3.63, 3.8) is 0 Å². The number of alkyl carbamates (subject to hydrolysis) is 2. The van der Waals surface area contributed by atoms with E-state index in [9.17, 15) is 52.3 Å². The molecular formula is C73H87F4N11O17.